The molecular weight excluding hydrogens is 256 g/mol. The standard InChI is InChI=1S/C12H21F2N3S/c1-4-6-9-10(7-15-5-2)18-12(16-9)17(3)8-11(13)14/h11,15H,4-8H2,1-3H3. The number of nitrogens with one attached hydrogen (secondary N) is 1. The highest BCUT2D eigenvalue weighted by Gasteiger charge is 2.15. The van der Waals surface area contributed by atoms with Gasteiger partial charge in [-0.15, -0.1) is 11.3 Å². The van der Waals surface area contributed by atoms with Crippen LogP contribution in [0.5, 0.6) is 0 Å². The molecule has 104 valence electrons. The van der Waals surface area contributed by atoms with Gasteiger partial charge in [0.2, 0.25) is 0 Å². The third kappa shape index (κ3) is 4.49. The Labute approximate surface area is 111 Å². The summed E-state index contributed by atoms with van der Waals surface area (Å²) in [5.41, 5.74) is 1.04. The number of rotatable bonds is 8. The van der Waals surface area contributed by atoms with Crippen LogP contribution in [-0.4, -0.2) is 31.5 Å². The molecule has 0 aliphatic heterocycles. The van der Waals surface area contributed by atoms with Crippen molar-refractivity contribution in [3.8, 4) is 0 Å². The van der Waals surface area contributed by atoms with Gasteiger partial charge in [0.25, 0.3) is 6.43 Å². The number of aryl methyl sites for hydroxylation is 1. The van der Waals surface area contributed by atoms with E-state index < -0.39 is 6.43 Å². The van der Waals surface area contributed by atoms with E-state index in [9.17, 15) is 8.78 Å². The zero-order valence-electron chi connectivity index (χ0n) is 11.2. The quantitative estimate of drug-likeness (QED) is 0.792. The van der Waals surface area contributed by atoms with Crippen molar-refractivity contribution in [2.45, 2.75) is 39.7 Å². The fraction of sp³-hybridized carbons (Fsp3) is 0.750. The summed E-state index contributed by atoms with van der Waals surface area (Å²) >= 11 is 1.51. The van der Waals surface area contributed by atoms with Gasteiger partial charge in [-0.05, 0) is 13.0 Å². The van der Waals surface area contributed by atoms with Crippen LogP contribution in [0, 0.1) is 0 Å². The number of anilines is 1. The fourth-order valence-corrected chi connectivity index (χ4v) is 2.67. The van der Waals surface area contributed by atoms with E-state index in [1.165, 1.54) is 16.2 Å². The van der Waals surface area contributed by atoms with Crippen molar-refractivity contribution in [3.63, 3.8) is 0 Å². The summed E-state index contributed by atoms with van der Waals surface area (Å²) in [6.45, 7) is 5.54. The van der Waals surface area contributed by atoms with Gasteiger partial charge in [-0.25, -0.2) is 13.8 Å². The number of aromatic nitrogens is 1. The van der Waals surface area contributed by atoms with Crippen molar-refractivity contribution in [1.82, 2.24) is 10.3 Å². The highest BCUT2D eigenvalue weighted by molar-refractivity contribution is 7.15. The van der Waals surface area contributed by atoms with Crippen molar-refractivity contribution >= 4 is 16.5 Å². The molecule has 0 unspecified atom stereocenters. The summed E-state index contributed by atoms with van der Waals surface area (Å²) < 4.78 is 24.7. The average Bonchev–Trinajstić information content (AvgIpc) is 2.69. The zero-order chi connectivity index (χ0) is 13.5. The minimum atomic E-state index is -2.33. The van der Waals surface area contributed by atoms with Gasteiger partial charge < -0.3 is 10.2 Å². The van der Waals surface area contributed by atoms with Gasteiger partial charge in [0.05, 0.1) is 12.2 Å². The minimum Gasteiger partial charge on any atom is -0.345 e. The molecule has 0 aliphatic carbocycles. The number of alkyl halides is 2. The molecule has 1 aromatic heterocycles. The molecule has 6 heteroatoms. The Morgan fingerprint density at radius 3 is 2.67 bits per heavy atom. The molecule has 0 spiro atoms. The summed E-state index contributed by atoms with van der Waals surface area (Å²) in [4.78, 5) is 7.17. The van der Waals surface area contributed by atoms with Crippen LogP contribution in [0.1, 0.15) is 30.8 Å². The molecule has 3 nitrogen and oxygen atoms in total. The third-order valence-electron chi connectivity index (χ3n) is 2.53. The first-order chi connectivity index (χ1) is 8.58. The van der Waals surface area contributed by atoms with Crippen molar-refractivity contribution in [2.24, 2.45) is 0 Å². The molecule has 0 aliphatic rings. The second-order valence-electron chi connectivity index (χ2n) is 4.17. The molecule has 0 atom stereocenters. The average molecular weight is 277 g/mol. The normalized spacial score (nSPS) is 11.2. The van der Waals surface area contributed by atoms with Crippen LogP contribution >= 0.6 is 11.3 Å². The summed E-state index contributed by atoms with van der Waals surface area (Å²) in [7, 11) is 1.66. The van der Waals surface area contributed by atoms with E-state index in [0.717, 1.165) is 36.5 Å². The maximum atomic E-state index is 12.4. The molecular formula is C12H21F2N3S. The number of nitrogens with zero attached hydrogens (tertiary/aromatic N) is 2. The van der Waals surface area contributed by atoms with Crippen molar-refractivity contribution in [3.05, 3.63) is 10.6 Å². The summed E-state index contributed by atoms with van der Waals surface area (Å²) in [6.07, 6.45) is -0.411. The Morgan fingerprint density at radius 1 is 1.39 bits per heavy atom. The zero-order valence-corrected chi connectivity index (χ0v) is 12.0. The Bertz CT molecular complexity index is 355. The second kappa shape index (κ2) is 7.63. The van der Waals surface area contributed by atoms with Crippen molar-refractivity contribution < 1.29 is 8.78 Å². The fourth-order valence-electron chi connectivity index (χ4n) is 1.63. The van der Waals surface area contributed by atoms with Gasteiger partial charge in [0, 0.05) is 18.5 Å². The predicted molar refractivity (Wildman–Crippen MR) is 72.8 cm³/mol. The summed E-state index contributed by atoms with van der Waals surface area (Å²) in [5, 5.41) is 3.95. The van der Waals surface area contributed by atoms with Gasteiger partial charge in [-0.1, -0.05) is 20.3 Å². The topological polar surface area (TPSA) is 28.2 Å². The Balaban J connectivity index is 2.79. The molecule has 0 fully saturated rings. The van der Waals surface area contributed by atoms with Crippen LogP contribution in [0.3, 0.4) is 0 Å². The molecule has 0 bridgehead atoms. The Kier molecular flexibility index (Phi) is 6.49. The number of hydrogen-bond donors (Lipinski definition) is 1. The lowest BCUT2D eigenvalue weighted by atomic mass is 10.2. The van der Waals surface area contributed by atoms with Crippen molar-refractivity contribution in [2.75, 3.05) is 25.0 Å². The van der Waals surface area contributed by atoms with Crippen LogP contribution in [0.25, 0.3) is 0 Å². The molecule has 0 amide bonds. The van der Waals surface area contributed by atoms with Crippen LogP contribution in [0.2, 0.25) is 0 Å². The van der Waals surface area contributed by atoms with Gasteiger partial charge >= 0.3 is 0 Å². The highest BCUT2D eigenvalue weighted by atomic mass is 32.1. The third-order valence-corrected chi connectivity index (χ3v) is 3.74. The van der Waals surface area contributed by atoms with Crippen molar-refractivity contribution in [1.29, 1.82) is 0 Å². The molecule has 1 aromatic rings. The number of halogens is 2. The molecule has 1 rings (SSSR count). The van der Waals surface area contributed by atoms with E-state index in [2.05, 4.69) is 17.2 Å². The van der Waals surface area contributed by atoms with Crippen LogP contribution in [0.4, 0.5) is 13.9 Å². The molecule has 0 radical (unpaired) electrons. The maximum Gasteiger partial charge on any atom is 0.255 e. The van der Waals surface area contributed by atoms with Gasteiger partial charge in [-0.2, -0.15) is 0 Å². The molecule has 1 heterocycles. The lowest BCUT2D eigenvalue weighted by Gasteiger charge is -2.14. The predicted octanol–water partition coefficient (Wildman–Crippen LogP) is 2.91. The largest absolute Gasteiger partial charge is 0.345 e. The first-order valence-electron chi connectivity index (χ1n) is 6.27. The first-order valence-corrected chi connectivity index (χ1v) is 7.08. The van der Waals surface area contributed by atoms with Crippen LogP contribution in [-0.2, 0) is 13.0 Å². The molecule has 0 aromatic carbocycles. The Morgan fingerprint density at radius 2 is 2.11 bits per heavy atom. The number of thiazole rings is 1. The Hall–Kier alpha value is -0.750. The molecule has 0 saturated heterocycles. The van der Waals surface area contributed by atoms with Gasteiger partial charge in [0.15, 0.2) is 5.13 Å². The minimum absolute atomic E-state index is 0.264. The SMILES string of the molecule is CCCc1nc(N(C)CC(F)F)sc1CNCC. The number of hydrogen-bond acceptors (Lipinski definition) is 4. The molecule has 0 saturated carbocycles. The second-order valence-corrected chi connectivity index (χ2v) is 5.23. The van der Waals surface area contributed by atoms with Gasteiger partial charge in [0.1, 0.15) is 0 Å². The highest BCUT2D eigenvalue weighted by Crippen LogP contribution is 2.27. The lowest BCUT2D eigenvalue weighted by molar-refractivity contribution is 0.156. The lowest BCUT2D eigenvalue weighted by Crippen LogP contribution is -2.23. The first kappa shape index (κ1) is 15.3. The monoisotopic (exact) mass is 277 g/mol. The van der Waals surface area contributed by atoms with Crippen LogP contribution in [0.15, 0.2) is 0 Å². The van der Waals surface area contributed by atoms with E-state index in [4.69, 9.17) is 0 Å². The summed E-state index contributed by atoms with van der Waals surface area (Å²) in [6, 6.07) is 0. The van der Waals surface area contributed by atoms with E-state index >= 15 is 0 Å². The molecule has 18 heavy (non-hydrogen) atoms. The molecule has 1 N–H and O–H groups in total. The van der Waals surface area contributed by atoms with Crippen LogP contribution < -0.4 is 10.2 Å². The van der Waals surface area contributed by atoms with E-state index in [0.29, 0.717) is 5.13 Å². The van der Waals surface area contributed by atoms with E-state index in [1.54, 1.807) is 7.05 Å². The maximum absolute atomic E-state index is 12.4. The van der Waals surface area contributed by atoms with E-state index in [-0.39, 0.29) is 6.54 Å². The smallest absolute Gasteiger partial charge is 0.255 e. The van der Waals surface area contributed by atoms with E-state index in [1.807, 2.05) is 6.92 Å². The van der Waals surface area contributed by atoms with Gasteiger partial charge in [-0.3, -0.25) is 0 Å². The summed E-state index contributed by atoms with van der Waals surface area (Å²) in [5.74, 6) is 0.